The predicted molar refractivity (Wildman–Crippen MR) is 50.5 cm³/mol. The highest BCUT2D eigenvalue weighted by molar-refractivity contribution is 6.00. The number of benzene rings is 1. The van der Waals surface area contributed by atoms with Crippen LogP contribution in [0.15, 0.2) is 30.3 Å². The van der Waals surface area contributed by atoms with Gasteiger partial charge in [0.05, 0.1) is 6.54 Å². The Balaban J connectivity index is 2.09. The molecule has 0 aliphatic carbocycles. The molecule has 1 heterocycles. The first-order valence-electron chi connectivity index (χ1n) is 4.35. The Kier molecular flexibility index (Phi) is 1.96. The first kappa shape index (κ1) is 8.74. The van der Waals surface area contributed by atoms with Gasteiger partial charge in [0.2, 0.25) is 5.91 Å². The summed E-state index contributed by atoms with van der Waals surface area (Å²) in [5.74, 6) is -0.566. The lowest BCUT2D eigenvalue weighted by Crippen LogP contribution is -2.24. The maximum Gasteiger partial charge on any atom is 0.254 e. The fraction of sp³-hybridized carbons (Fsp3) is 0.200. The van der Waals surface area contributed by atoms with E-state index in [0.29, 0.717) is 12.1 Å². The standard InChI is InChI=1S/C10H10N2O2/c11-9(13)8-6-12(8)10(14)7-4-2-1-3-5-7/h1-5,8H,6H2,(H2,11,13). The fourth-order valence-electron chi connectivity index (χ4n) is 1.35. The second-order valence-electron chi connectivity index (χ2n) is 3.24. The van der Waals surface area contributed by atoms with E-state index < -0.39 is 11.9 Å². The second kappa shape index (κ2) is 3.14. The van der Waals surface area contributed by atoms with Gasteiger partial charge >= 0.3 is 0 Å². The van der Waals surface area contributed by atoms with Gasteiger partial charge in [-0.15, -0.1) is 0 Å². The number of hydrogen-bond acceptors (Lipinski definition) is 2. The van der Waals surface area contributed by atoms with Crippen LogP contribution >= 0.6 is 0 Å². The summed E-state index contributed by atoms with van der Waals surface area (Å²) in [5.41, 5.74) is 5.66. The third-order valence-electron chi connectivity index (χ3n) is 2.22. The third kappa shape index (κ3) is 1.46. The Morgan fingerprint density at radius 3 is 2.43 bits per heavy atom. The lowest BCUT2D eigenvalue weighted by atomic mass is 10.2. The lowest BCUT2D eigenvalue weighted by molar-refractivity contribution is -0.118. The molecule has 4 heteroatoms. The Hall–Kier alpha value is -1.84. The first-order valence-corrected chi connectivity index (χ1v) is 4.35. The van der Waals surface area contributed by atoms with E-state index in [1.807, 2.05) is 6.07 Å². The van der Waals surface area contributed by atoms with Crippen LogP contribution in [0.3, 0.4) is 0 Å². The maximum atomic E-state index is 11.6. The Labute approximate surface area is 81.3 Å². The number of hydrogen-bond donors (Lipinski definition) is 1. The highest BCUT2D eigenvalue weighted by Crippen LogP contribution is 2.20. The molecule has 1 aliphatic heterocycles. The van der Waals surface area contributed by atoms with Crippen molar-refractivity contribution in [2.24, 2.45) is 5.73 Å². The minimum atomic E-state index is -0.436. The highest BCUT2D eigenvalue weighted by atomic mass is 16.2. The number of primary amides is 1. The molecule has 1 aromatic rings. The van der Waals surface area contributed by atoms with Gasteiger partial charge in [0.1, 0.15) is 6.04 Å². The molecule has 2 N–H and O–H groups in total. The van der Waals surface area contributed by atoms with Gasteiger partial charge in [0.15, 0.2) is 0 Å². The van der Waals surface area contributed by atoms with Crippen LogP contribution in [-0.2, 0) is 4.79 Å². The van der Waals surface area contributed by atoms with Crippen molar-refractivity contribution in [1.82, 2.24) is 4.90 Å². The minimum Gasteiger partial charge on any atom is -0.368 e. The van der Waals surface area contributed by atoms with Crippen molar-refractivity contribution >= 4 is 11.8 Å². The Morgan fingerprint density at radius 2 is 1.93 bits per heavy atom. The van der Waals surface area contributed by atoms with Crippen LogP contribution in [0.25, 0.3) is 0 Å². The van der Waals surface area contributed by atoms with Crippen LogP contribution in [0.5, 0.6) is 0 Å². The summed E-state index contributed by atoms with van der Waals surface area (Å²) in [5, 5.41) is 0. The van der Waals surface area contributed by atoms with E-state index in [4.69, 9.17) is 5.73 Å². The van der Waals surface area contributed by atoms with Crippen molar-refractivity contribution in [3.63, 3.8) is 0 Å². The molecular formula is C10H10N2O2. The summed E-state index contributed by atoms with van der Waals surface area (Å²) in [4.78, 5) is 23.8. The van der Waals surface area contributed by atoms with Gasteiger partial charge in [-0.2, -0.15) is 0 Å². The van der Waals surface area contributed by atoms with Gasteiger partial charge in [-0.1, -0.05) is 18.2 Å². The third-order valence-corrected chi connectivity index (χ3v) is 2.22. The van der Waals surface area contributed by atoms with E-state index in [2.05, 4.69) is 0 Å². The van der Waals surface area contributed by atoms with Crippen molar-refractivity contribution < 1.29 is 9.59 Å². The molecule has 1 fully saturated rings. The summed E-state index contributed by atoms with van der Waals surface area (Å²) in [6.45, 7) is 0.447. The van der Waals surface area contributed by atoms with Crippen LogP contribution in [0.1, 0.15) is 10.4 Å². The largest absolute Gasteiger partial charge is 0.368 e. The maximum absolute atomic E-state index is 11.6. The first-order chi connectivity index (χ1) is 6.70. The monoisotopic (exact) mass is 190 g/mol. The molecule has 1 aromatic carbocycles. The molecule has 1 aliphatic rings. The van der Waals surface area contributed by atoms with Gasteiger partial charge < -0.3 is 10.6 Å². The molecule has 0 aromatic heterocycles. The molecule has 1 unspecified atom stereocenters. The average Bonchev–Trinajstić information content (AvgIpc) is 2.97. The molecule has 2 rings (SSSR count). The molecule has 72 valence electrons. The van der Waals surface area contributed by atoms with Crippen molar-refractivity contribution in [2.45, 2.75) is 6.04 Å². The minimum absolute atomic E-state index is 0.130. The van der Waals surface area contributed by atoms with Crippen molar-refractivity contribution in [3.8, 4) is 0 Å². The normalized spacial score (nSPS) is 19.1. The van der Waals surface area contributed by atoms with E-state index in [9.17, 15) is 9.59 Å². The molecule has 2 amide bonds. The number of carbonyl (C=O) groups is 2. The summed E-state index contributed by atoms with van der Waals surface area (Å²) >= 11 is 0. The Morgan fingerprint density at radius 1 is 1.29 bits per heavy atom. The molecule has 0 spiro atoms. The van der Waals surface area contributed by atoms with Crippen molar-refractivity contribution in [2.75, 3.05) is 6.54 Å². The summed E-state index contributed by atoms with van der Waals surface area (Å²) in [7, 11) is 0. The summed E-state index contributed by atoms with van der Waals surface area (Å²) in [6.07, 6.45) is 0. The number of carbonyl (C=O) groups excluding carboxylic acids is 2. The van der Waals surface area contributed by atoms with E-state index in [1.165, 1.54) is 4.90 Å². The molecular weight excluding hydrogens is 180 g/mol. The molecule has 4 nitrogen and oxygen atoms in total. The molecule has 0 radical (unpaired) electrons. The quantitative estimate of drug-likeness (QED) is 0.667. The lowest BCUT2D eigenvalue weighted by Gasteiger charge is -2.01. The highest BCUT2D eigenvalue weighted by Gasteiger charge is 2.42. The van der Waals surface area contributed by atoms with Crippen LogP contribution in [0, 0.1) is 0 Å². The second-order valence-corrected chi connectivity index (χ2v) is 3.24. The predicted octanol–water partition coefficient (Wildman–Crippen LogP) is -0.00370. The smallest absolute Gasteiger partial charge is 0.254 e. The van der Waals surface area contributed by atoms with Crippen LogP contribution in [-0.4, -0.2) is 29.3 Å². The average molecular weight is 190 g/mol. The Bertz CT molecular complexity index is 375. The van der Waals surface area contributed by atoms with Gasteiger partial charge in [0, 0.05) is 5.56 Å². The molecule has 1 saturated heterocycles. The van der Waals surface area contributed by atoms with E-state index in [1.54, 1.807) is 24.3 Å². The fourth-order valence-corrected chi connectivity index (χ4v) is 1.35. The van der Waals surface area contributed by atoms with Gasteiger partial charge in [-0.25, -0.2) is 0 Å². The van der Waals surface area contributed by atoms with E-state index >= 15 is 0 Å². The van der Waals surface area contributed by atoms with Gasteiger partial charge in [-0.3, -0.25) is 9.59 Å². The van der Waals surface area contributed by atoms with E-state index in [-0.39, 0.29) is 5.91 Å². The number of rotatable bonds is 2. The van der Waals surface area contributed by atoms with Gasteiger partial charge in [0.25, 0.3) is 5.91 Å². The topological polar surface area (TPSA) is 63.2 Å². The zero-order valence-electron chi connectivity index (χ0n) is 7.51. The van der Waals surface area contributed by atoms with Gasteiger partial charge in [-0.05, 0) is 12.1 Å². The molecule has 0 bridgehead atoms. The van der Waals surface area contributed by atoms with Crippen molar-refractivity contribution in [1.29, 1.82) is 0 Å². The number of nitrogens with two attached hydrogens (primary N) is 1. The van der Waals surface area contributed by atoms with Crippen molar-refractivity contribution in [3.05, 3.63) is 35.9 Å². The number of nitrogens with zero attached hydrogens (tertiary/aromatic N) is 1. The molecule has 14 heavy (non-hydrogen) atoms. The van der Waals surface area contributed by atoms with E-state index in [0.717, 1.165) is 0 Å². The molecule has 1 atom stereocenters. The summed E-state index contributed by atoms with van der Waals surface area (Å²) in [6, 6.07) is 8.45. The molecule has 0 saturated carbocycles. The zero-order valence-corrected chi connectivity index (χ0v) is 7.51. The van der Waals surface area contributed by atoms with Crippen LogP contribution in [0.2, 0.25) is 0 Å². The summed E-state index contributed by atoms with van der Waals surface area (Å²) < 4.78 is 0. The van der Waals surface area contributed by atoms with Crippen LogP contribution < -0.4 is 5.73 Å². The zero-order chi connectivity index (χ0) is 10.1. The SMILES string of the molecule is NC(=O)C1CN1C(=O)c1ccccc1. The number of amides is 2. The van der Waals surface area contributed by atoms with Crippen LogP contribution in [0.4, 0.5) is 0 Å².